The van der Waals surface area contributed by atoms with Crippen molar-refractivity contribution in [1.82, 2.24) is 0 Å². The predicted octanol–water partition coefficient (Wildman–Crippen LogP) is 4.42. The smallest absolute Gasteiger partial charge is 0.281 e. The van der Waals surface area contributed by atoms with Gasteiger partial charge in [-0.3, -0.25) is 0 Å². The van der Waals surface area contributed by atoms with Crippen LogP contribution in [0.3, 0.4) is 0 Å². The minimum atomic E-state index is -2.56. The second-order valence-electron chi connectivity index (χ2n) is 6.20. The number of benzene rings is 4. The molecule has 0 amide bonds. The van der Waals surface area contributed by atoms with Crippen LogP contribution in [0.15, 0.2) is 97.2 Å². The van der Waals surface area contributed by atoms with Gasteiger partial charge >= 0.3 is 0 Å². The maximum absolute atomic E-state index is 6.30. The Bertz CT molecular complexity index is 978. The van der Waals surface area contributed by atoms with Gasteiger partial charge in [0.15, 0.2) is 0 Å². The van der Waals surface area contributed by atoms with Gasteiger partial charge in [0, 0.05) is 7.11 Å². The van der Waals surface area contributed by atoms with E-state index in [2.05, 4.69) is 97.2 Å². The second-order valence-corrected chi connectivity index (χ2v) is 9.56. The van der Waals surface area contributed by atoms with E-state index in [0.717, 1.165) is 0 Å². The Morgan fingerprint density at radius 2 is 1.12 bits per heavy atom. The van der Waals surface area contributed by atoms with Crippen LogP contribution in [0.2, 0.25) is 0 Å². The summed E-state index contributed by atoms with van der Waals surface area (Å²) < 4.78 is 6.30. The van der Waals surface area contributed by atoms with Crippen LogP contribution in [0.25, 0.3) is 21.5 Å². The summed E-state index contributed by atoms with van der Waals surface area (Å²) in [5, 5.41) is 7.45. The Morgan fingerprint density at radius 1 is 0.680 bits per heavy atom. The Kier molecular flexibility index (Phi) is 4.00. The minimum Gasteiger partial charge on any atom is -0.408 e. The van der Waals surface area contributed by atoms with Crippen LogP contribution in [0, 0.1) is 0 Å². The molecule has 4 aromatic rings. The van der Waals surface area contributed by atoms with Crippen molar-refractivity contribution >= 4 is 40.2 Å². The zero-order valence-electron chi connectivity index (χ0n) is 14.3. The van der Waals surface area contributed by atoms with E-state index in [1.165, 1.54) is 31.9 Å². The van der Waals surface area contributed by atoms with Crippen molar-refractivity contribution in [2.24, 2.45) is 0 Å². The SMILES string of the molecule is C=C[Si](OC)(c1cccc2ccccc12)c1cccc2ccccc12. The van der Waals surface area contributed by atoms with Crippen molar-refractivity contribution in [2.45, 2.75) is 0 Å². The standard InChI is InChI=1S/C23H20OSi/c1-3-25(24-2,22-16-8-12-18-10-4-6-14-20(18)22)23-17-9-13-19-11-5-7-15-21(19)23/h3-17H,1H2,2H3. The van der Waals surface area contributed by atoms with Gasteiger partial charge in [-0.05, 0) is 31.9 Å². The van der Waals surface area contributed by atoms with Crippen molar-refractivity contribution in [2.75, 3.05) is 7.11 Å². The highest BCUT2D eigenvalue weighted by molar-refractivity contribution is 7.03. The van der Waals surface area contributed by atoms with Crippen LogP contribution in [0.5, 0.6) is 0 Å². The van der Waals surface area contributed by atoms with Crippen LogP contribution in [-0.4, -0.2) is 15.4 Å². The molecule has 1 nitrogen and oxygen atoms in total. The Morgan fingerprint density at radius 3 is 1.56 bits per heavy atom. The van der Waals surface area contributed by atoms with Gasteiger partial charge in [-0.2, -0.15) is 0 Å². The maximum atomic E-state index is 6.30. The molecule has 0 aliphatic rings. The molecule has 122 valence electrons. The van der Waals surface area contributed by atoms with E-state index in [1.807, 2.05) is 7.11 Å². The number of hydrogen-bond acceptors (Lipinski definition) is 1. The molecule has 0 fully saturated rings. The van der Waals surface area contributed by atoms with Crippen LogP contribution in [-0.2, 0) is 4.43 Å². The summed E-state index contributed by atoms with van der Waals surface area (Å²) in [6.45, 7) is 4.21. The highest BCUT2D eigenvalue weighted by Gasteiger charge is 2.38. The van der Waals surface area contributed by atoms with Crippen LogP contribution in [0.1, 0.15) is 0 Å². The third kappa shape index (κ3) is 2.42. The van der Waals surface area contributed by atoms with E-state index < -0.39 is 8.32 Å². The lowest BCUT2D eigenvalue weighted by atomic mass is 10.1. The van der Waals surface area contributed by atoms with Gasteiger partial charge < -0.3 is 4.43 Å². The molecule has 4 aromatic carbocycles. The largest absolute Gasteiger partial charge is 0.408 e. The fraction of sp³-hybridized carbons (Fsp3) is 0.0435. The number of fused-ring (bicyclic) bond motifs is 2. The van der Waals surface area contributed by atoms with Crippen LogP contribution < -0.4 is 10.4 Å². The summed E-state index contributed by atoms with van der Waals surface area (Å²) in [5.74, 6) is 0. The summed E-state index contributed by atoms with van der Waals surface area (Å²) in [7, 11) is -0.744. The first kappa shape index (κ1) is 15.8. The molecule has 0 heterocycles. The van der Waals surface area contributed by atoms with Gasteiger partial charge in [-0.15, -0.1) is 6.58 Å². The van der Waals surface area contributed by atoms with Gasteiger partial charge in [-0.1, -0.05) is 90.6 Å². The molecule has 0 bridgehead atoms. The Balaban J connectivity index is 2.10. The molecule has 2 heteroatoms. The molecule has 0 unspecified atom stereocenters. The zero-order chi connectivity index (χ0) is 17.3. The topological polar surface area (TPSA) is 9.23 Å². The van der Waals surface area contributed by atoms with Crippen molar-refractivity contribution in [1.29, 1.82) is 0 Å². The molecule has 0 aliphatic heterocycles. The Hall–Kier alpha value is -2.68. The second kappa shape index (κ2) is 6.32. The lowest BCUT2D eigenvalue weighted by molar-refractivity contribution is 0.426. The van der Waals surface area contributed by atoms with Gasteiger partial charge in [0.25, 0.3) is 8.32 Å². The lowest BCUT2D eigenvalue weighted by Crippen LogP contribution is -2.59. The fourth-order valence-electron chi connectivity index (χ4n) is 3.77. The summed E-state index contributed by atoms with van der Waals surface area (Å²) in [5.41, 5.74) is 2.05. The van der Waals surface area contributed by atoms with Crippen LogP contribution >= 0.6 is 0 Å². The molecule has 0 aliphatic carbocycles. The van der Waals surface area contributed by atoms with E-state index in [0.29, 0.717) is 0 Å². The summed E-state index contributed by atoms with van der Waals surface area (Å²) in [6.07, 6.45) is 0. The molecule has 0 saturated heterocycles. The van der Waals surface area contributed by atoms with Gasteiger partial charge in [0.1, 0.15) is 0 Å². The molecular formula is C23H20OSi. The molecule has 0 atom stereocenters. The van der Waals surface area contributed by atoms with Crippen molar-refractivity contribution in [3.8, 4) is 0 Å². The van der Waals surface area contributed by atoms with Gasteiger partial charge in [0.2, 0.25) is 0 Å². The molecular weight excluding hydrogens is 320 g/mol. The zero-order valence-corrected chi connectivity index (χ0v) is 15.3. The average Bonchev–Trinajstić information content (AvgIpc) is 2.69. The predicted molar refractivity (Wildman–Crippen MR) is 110 cm³/mol. The van der Waals surface area contributed by atoms with Crippen molar-refractivity contribution < 1.29 is 4.43 Å². The minimum absolute atomic E-state index is 1.23. The monoisotopic (exact) mass is 340 g/mol. The van der Waals surface area contributed by atoms with E-state index in [4.69, 9.17) is 4.43 Å². The fourth-order valence-corrected chi connectivity index (χ4v) is 7.05. The van der Waals surface area contributed by atoms with Crippen molar-refractivity contribution in [3.05, 3.63) is 97.2 Å². The van der Waals surface area contributed by atoms with E-state index in [1.54, 1.807) is 0 Å². The average molecular weight is 340 g/mol. The summed E-state index contributed by atoms with van der Waals surface area (Å²) in [6, 6.07) is 29.9. The van der Waals surface area contributed by atoms with Gasteiger partial charge in [-0.25, -0.2) is 0 Å². The summed E-state index contributed by atoms with van der Waals surface area (Å²) in [4.78, 5) is 0. The van der Waals surface area contributed by atoms with E-state index in [9.17, 15) is 0 Å². The first-order chi connectivity index (χ1) is 12.3. The van der Waals surface area contributed by atoms with Crippen molar-refractivity contribution in [3.63, 3.8) is 0 Å². The first-order valence-electron chi connectivity index (χ1n) is 8.45. The third-order valence-electron chi connectivity index (χ3n) is 4.99. The number of hydrogen-bond donors (Lipinski definition) is 0. The van der Waals surface area contributed by atoms with Gasteiger partial charge in [0.05, 0.1) is 0 Å². The third-order valence-corrected chi connectivity index (χ3v) is 8.68. The highest BCUT2D eigenvalue weighted by atomic mass is 28.4. The molecule has 0 radical (unpaired) electrons. The van der Waals surface area contributed by atoms with E-state index >= 15 is 0 Å². The quantitative estimate of drug-likeness (QED) is 0.500. The molecule has 4 rings (SSSR count). The number of rotatable bonds is 4. The molecule has 0 saturated carbocycles. The summed E-state index contributed by atoms with van der Waals surface area (Å²) >= 11 is 0. The highest BCUT2D eigenvalue weighted by Crippen LogP contribution is 2.21. The van der Waals surface area contributed by atoms with E-state index in [-0.39, 0.29) is 0 Å². The first-order valence-corrected chi connectivity index (χ1v) is 10.4. The lowest BCUT2D eigenvalue weighted by Gasteiger charge is -2.29. The Labute approximate surface area is 149 Å². The normalized spacial score (nSPS) is 11.7. The molecule has 0 spiro atoms. The van der Waals surface area contributed by atoms with Crippen LogP contribution in [0.4, 0.5) is 0 Å². The molecule has 25 heavy (non-hydrogen) atoms. The maximum Gasteiger partial charge on any atom is 0.281 e. The molecule has 0 N–H and O–H groups in total. The molecule has 0 aromatic heterocycles.